The third-order valence-electron chi connectivity index (χ3n) is 5.89. The molecule has 2 amide bonds. The van der Waals surface area contributed by atoms with Crippen LogP contribution < -0.4 is 9.62 Å². The molecule has 1 atom stereocenters. The van der Waals surface area contributed by atoms with Crippen LogP contribution in [0.25, 0.3) is 0 Å². The van der Waals surface area contributed by atoms with Gasteiger partial charge in [0.1, 0.15) is 18.4 Å². The van der Waals surface area contributed by atoms with Crippen LogP contribution in [0.4, 0.5) is 10.1 Å². The van der Waals surface area contributed by atoms with Crippen molar-refractivity contribution in [2.24, 2.45) is 0 Å². The molecule has 0 fully saturated rings. The number of rotatable bonds is 12. The second-order valence-corrected chi connectivity index (χ2v) is 11.7. The molecule has 202 valence electrons. The summed E-state index contributed by atoms with van der Waals surface area (Å²) in [6, 6.07) is 20.8. The van der Waals surface area contributed by atoms with Crippen molar-refractivity contribution in [1.82, 2.24) is 10.2 Å². The van der Waals surface area contributed by atoms with Crippen LogP contribution in [-0.2, 0) is 32.6 Å². The van der Waals surface area contributed by atoms with Crippen molar-refractivity contribution in [3.8, 4) is 0 Å². The predicted octanol–water partition coefficient (Wildman–Crippen LogP) is 4.52. The molecule has 0 aliphatic carbocycles. The molecular weight excluding hydrogens is 573 g/mol. The molecule has 0 bridgehead atoms. The van der Waals surface area contributed by atoms with Gasteiger partial charge in [-0.15, -0.1) is 0 Å². The zero-order valence-electron chi connectivity index (χ0n) is 21.3. The zero-order chi connectivity index (χ0) is 27.7. The SMILES string of the molecule is CCCNC(=O)[C@@H](Cc1ccccc1)N(Cc1ccccc1F)C(=O)CN(c1cccc(Br)c1)S(C)(=O)=O. The fourth-order valence-electron chi connectivity index (χ4n) is 3.98. The van der Waals surface area contributed by atoms with E-state index in [9.17, 15) is 22.4 Å². The predicted molar refractivity (Wildman–Crippen MR) is 151 cm³/mol. The highest BCUT2D eigenvalue weighted by atomic mass is 79.9. The number of hydrogen-bond acceptors (Lipinski definition) is 4. The van der Waals surface area contributed by atoms with E-state index < -0.39 is 40.2 Å². The number of halogens is 2. The lowest BCUT2D eigenvalue weighted by atomic mass is 10.0. The first-order valence-electron chi connectivity index (χ1n) is 12.2. The summed E-state index contributed by atoms with van der Waals surface area (Å²) in [6.07, 6.45) is 1.87. The standard InChI is InChI=1S/C28H31BrFN3O4S/c1-3-16-31-28(35)26(17-21-10-5-4-6-11-21)32(19-22-12-7-8-15-25(22)30)27(34)20-33(38(2,36)37)24-14-9-13-23(29)18-24/h4-15,18,26H,3,16-17,19-20H2,1-2H3,(H,31,35)/t26-/m1/s1. The Morgan fingerprint density at radius 1 is 1.00 bits per heavy atom. The van der Waals surface area contributed by atoms with Crippen LogP contribution in [0, 0.1) is 5.82 Å². The van der Waals surface area contributed by atoms with E-state index in [2.05, 4.69) is 21.2 Å². The van der Waals surface area contributed by atoms with Gasteiger partial charge in [-0.2, -0.15) is 0 Å². The van der Waals surface area contributed by atoms with Gasteiger partial charge in [0.15, 0.2) is 0 Å². The van der Waals surface area contributed by atoms with Crippen LogP contribution in [0.3, 0.4) is 0 Å². The maximum absolute atomic E-state index is 14.7. The topological polar surface area (TPSA) is 86.8 Å². The Morgan fingerprint density at radius 3 is 2.32 bits per heavy atom. The van der Waals surface area contributed by atoms with Crippen molar-refractivity contribution >= 4 is 43.5 Å². The minimum Gasteiger partial charge on any atom is -0.354 e. The van der Waals surface area contributed by atoms with E-state index in [0.29, 0.717) is 17.4 Å². The lowest BCUT2D eigenvalue weighted by molar-refractivity contribution is -0.140. The number of benzene rings is 3. The molecule has 0 saturated carbocycles. The van der Waals surface area contributed by atoms with Gasteiger partial charge in [-0.1, -0.05) is 77.5 Å². The third kappa shape index (κ3) is 8.13. The Hall–Kier alpha value is -3.24. The second kappa shape index (κ2) is 13.5. The fraction of sp³-hybridized carbons (Fsp3) is 0.286. The number of carbonyl (C=O) groups is 2. The van der Waals surface area contributed by atoms with Gasteiger partial charge in [0, 0.05) is 29.5 Å². The number of nitrogens with one attached hydrogen (secondary N) is 1. The van der Waals surface area contributed by atoms with E-state index in [4.69, 9.17) is 0 Å². The minimum absolute atomic E-state index is 0.173. The number of carbonyl (C=O) groups excluding carboxylic acids is 2. The Labute approximate surface area is 231 Å². The van der Waals surface area contributed by atoms with Gasteiger partial charge >= 0.3 is 0 Å². The molecule has 3 aromatic carbocycles. The number of nitrogens with zero attached hydrogens (tertiary/aromatic N) is 2. The second-order valence-electron chi connectivity index (χ2n) is 8.86. The third-order valence-corrected chi connectivity index (χ3v) is 7.53. The van der Waals surface area contributed by atoms with Crippen molar-refractivity contribution < 1.29 is 22.4 Å². The molecule has 0 aliphatic heterocycles. The molecule has 0 aromatic heterocycles. The molecule has 3 rings (SSSR count). The lowest BCUT2D eigenvalue weighted by Crippen LogP contribution is -2.53. The monoisotopic (exact) mass is 603 g/mol. The molecule has 10 heteroatoms. The Morgan fingerprint density at radius 2 is 1.68 bits per heavy atom. The minimum atomic E-state index is -3.87. The number of hydrogen-bond donors (Lipinski definition) is 1. The van der Waals surface area contributed by atoms with Crippen LogP contribution in [0.2, 0.25) is 0 Å². The lowest BCUT2D eigenvalue weighted by Gasteiger charge is -2.33. The molecule has 0 spiro atoms. The van der Waals surface area contributed by atoms with E-state index in [1.807, 2.05) is 37.3 Å². The zero-order valence-corrected chi connectivity index (χ0v) is 23.7. The van der Waals surface area contributed by atoms with Gasteiger partial charge in [0.05, 0.1) is 11.9 Å². The van der Waals surface area contributed by atoms with E-state index in [0.717, 1.165) is 16.1 Å². The Kier molecular flexibility index (Phi) is 10.4. The summed E-state index contributed by atoms with van der Waals surface area (Å²) < 4.78 is 41.8. The van der Waals surface area contributed by atoms with Crippen LogP contribution in [0.1, 0.15) is 24.5 Å². The molecule has 0 unspecified atom stereocenters. The molecule has 0 heterocycles. The maximum Gasteiger partial charge on any atom is 0.244 e. The summed E-state index contributed by atoms with van der Waals surface area (Å²) in [6.45, 7) is 1.55. The quantitative estimate of drug-likeness (QED) is 0.330. The average Bonchev–Trinajstić information content (AvgIpc) is 2.88. The van der Waals surface area contributed by atoms with Crippen molar-refractivity contribution in [2.45, 2.75) is 32.4 Å². The van der Waals surface area contributed by atoms with E-state index >= 15 is 0 Å². The van der Waals surface area contributed by atoms with Gasteiger partial charge < -0.3 is 10.2 Å². The highest BCUT2D eigenvalue weighted by Crippen LogP contribution is 2.24. The summed E-state index contributed by atoms with van der Waals surface area (Å²) in [5, 5.41) is 2.85. The first kappa shape index (κ1) is 29.3. The smallest absolute Gasteiger partial charge is 0.244 e. The average molecular weight is 605 g/mol. The van der Waals surface area contributed by atoms with Crippen molar-refractivity contribution in [3.63, 3.8) is 0 Å². The van der Waals surface area contributed by atoms with Crippen molar-refractivity contribution in [2.75, 3.05) is 23.7 Å². The summed E-state index contributed by atoms with van der Waals surface area (Å²) >= 11 is 3.34. The van der Waals surface area contributed by atoms with Gasteiger partial charge in [0.2, 0.25) is 21.8 Å². The highest BCUT2D eigenvalue weighted by molar-refractivity contribution is 9.10. The van der Waals surface area contributed by atoms with Gasteiger partial charge in [-0.25, -0.2) is 12.8 Å². The maximum atomic E-state index is 14.7. The first-order chi connectivity index (χ1) is 18.1. The summed E-state index contributed by atoms with van der Waals surface area (Å²) in [4.78, 5) is 28.5. The number of sulfonamides is 1. The highest BCUT2D eigenvalue weighted by Gasteiger charge is 2.33. The molecule has 3 aromatic rings. The Balaban J connectivity index is 2.05. The number of anilines is 1. The van der Waals surface area contributed by atoms with Gasteiger partial charge in [-0.05, 0) is 36.2 Å². The molecule has 0 aliphatic rings. The van der Waals surface area contributed by atoms with Crippen LogP contribution in [0.5, 0.6) is 0 Å². The van der Waals surface area contributed by atoms with Crippen LogP contribution in [-0.4, -0.2) is 50.5 Å². The Bertz CT molecular complexity index is 1350. The summed E-state index contributed by atoms with van der Waals surface area (Å²) in [5.74, 6) is -1.55. The van der Waals surface area contributed by atoms with E-state index in [1.165, 1.54) is 11.0 Å². The largest absolute Gasteiger partial charge is 0.354 e. The van der Waals surface area contributed by atoms with Gasteiger partial charge in [0.25, 0.3) is 0 Å². The van der Waals surface area contributed by atoms with Crippen LogP contribution in [0.15, 0.2) is 83.3 Å². The van der Waals surface area contributed by atoms with Crippen molar-refractivity contribution in [1.29, 1.82) is 0 Å². The molecule has 0 radical (unpaired) electrons. The molecule has 38 heavy (non-hydrogen) atoms. The number of amides is 2. The normalized spacial score (nSPS) is 12.0. The molecule has 0 saturated heterocycles. The van der Waals surface area contributed by atoms with Crippen molar-refractivity contribution in [3.05, 3.63) is 100 Å². The first-order valence-corrected chi connectivity index (χ1v) is 14.8. The molecule has 1 N–H and O–H groups in total. The summed E-state index contributed by atoms with van der Waals surface area (Å²) in [5.41, 5.74) is 1.31. The molecule has 7 nitrogen and oxygen atoms in total. The van der Waals surface area contributed by atoms with Crippen LogP contribution >= 0.6 is 15.9 Å². The molecular formula is C28H31BrFN3O4S. The van der Waals surface area contributed by atoms with E-state index in [1.54, 1.807) is 42.5 Å². The van der Waals surface area contributed by atoms with Gasteiger partial charge in [-0.3, -0.25) is 13.9 Å². The van der Waals surface area contributed by atoms with E-state index in [-0.39, 0.29) is 24.2 Å². The fourth-order valence-corrected chi connectivity index (χ4v) is 5.20. The summed E-state index contributed by atoms with van der Waals surface area (Å²) in [7, 11) is -3.87.